The number of anilines is 1. The van der Waals surface area contributed by atoms with Crippen molar-refractivity contribution in [3.63, 3.8) is 0 Å². The van der Waals surface area contributed by atoms with E-state index in [1.807, 2.05) is 30.3 Å². The molecule has 0 radical (unpaired) electrons. The summed E-state index contributed by atoms with van der Waals surface area (Å²) in [6.45, 7) is 2.44. The van der Waals surface area contributed by atoms with Gasteiger partial charge in [0, 0.05) is 50.0 Å². The van der Waals surface area contributed by atoms with Crippen molar-refractivity contribution in [1.82, 2.24) is 21.1 Å². The van der Waals surface area contributed by atoms with E-state index in [9.17, 15) is 19.5 Å². The van der Waals surface area contributed by atoms with Crippen molar-refractivity contribution < 1.29 is 38.4 Å². The zero-order valence-corrected chi connectivity index (χ0v) is 25.1. The lowest BCUT2D eigenvalue weighted by Gasteiger charge is -2.34. The van der Waals surface area contributed by atoms with Crippen LogP contribution in [0.1, 0.15) is 41.6 Å². The smallest absolute Gasteiger partial charge is 0.407 e. The van der Waals surface area contributed by atoms with Crippen LogP contribution in [0.4, 0.5) is 10.5 Å². The number of carbonyl (C=O) groups excluding carboxylic acids is 3. The molecule has 5 N–H and O–H groups in total. The zero-order chi connectivity index (χ0) is 31.2. The topological polar surface area (TPSA) is 160 Å². The number of carbonyl (C=O) groups is 3. The van der Waals surface area contributed by atoms with Gasteiger partial charge in [0.1, 0.15) is 18.5 Å². The summed E-state index contributed by atoms with van der Waals surface area (Å²) >= 11 is 0. The van der Waals surface area contributed by atoms with Gasteiger partial charge in [0.2, 0.25) is 5.91 Å². The van der Waals surface area contributed by atoms with Crippen LogP contribution in [-0.4, -0.2) is 98.1 Å². The van der Waals surface area contributed by atoms with Crippen LogP contribution in [-0.2, 0) is 25.4 Å². The van der Waals surface area contributed by atoms with E-state index in [4.69, 9.17) is 18.9 Å². The third-order valence-corrected chi connectivity index (χ3v) is 8.68. The normalized spacial score (nSPS) is 25.2. The van der Waals surface area contributed by atoms with Crippen LogP contribution in [0.5, 0.6) is 5.75 Å². The number of ether oxygens (including phenoxy) is 4. The van der Waals surface area contributed by atoms with Gasteiger partial charge in [0.05, 0.1) is 31.0 Å². The van der Waals surface area contributed by atoms with Crippen LogP contribution in [0, 0.1) is 5.92 Å². The van der Waals surface area contributed by atoms with Gasteiger partial charge in [-0.2, -0.15) is 0 Å². The molecule has 1 unspecified atom stereocenters. The molecule has 0 saturated carbocycles. The Balaban J connectivity index is 1.15. The van der Waals surface area contributed by atoms with Gasteiger partial charge in [-0.25, -0.2) is 9.80 Å². The fraction of sp³-hybridized carbons (Fsp3) is 0.531. The Labute approximate surface area is 261 Å². The van der Waals surface area contributed by atoms with Crippen LogP contribution in [0.2, 0.25) is 0 Å². The Hall–Kier alpha value is -3.91. The second kappa shape index (κ2) is 14.5. The molecule has 6 rings (SSSR count). The molecule has 0 spiro atoms. The van der Waals surface area contributed by atoms with Crippen molar-refractivity contribution >= 4 is 23.6 Å². The molecule has 45 heavy (non-hydrogen) atoms. The molecule has 2 aromatic rings. The Kier molecular flexibility index (Phi) is 9.99. The molecule has 6 atom stereocenters. The molecule has 0 bridgehead atoms. The van der Waals surface area contributed by atoms with Crippen molar-refractivity contribution in [3.05, 3.63) is 59.7 Å². The first-order valence-electron chi connectivity index (χ1n) is 15.7. The molecular weight excluding hydrogens is 582 g/mol. The van der Waals surface area contributed by atoms with Crippen molar-refractivity contribution in [2.24, 2.45) is 5.92 Å². The minimum Gasteiger partial charge on any atom is -0.490 e. The minimum absolute atomic E-state index is 0.0159. The first kappa shape index (κ1) is 31.1. The highest BCUT2D eigenvalue weighted by atomic mass is 16.7. The number of hydrogen-bond acceptors (Lipinski definition) is 10. The predicted octanol–water partition coefficient (Wildman–Crippen LogP) is 1.57. The lowest BCUT2D eigenvalue weighted by atomic mass is 9.95. The highest BCUT2D eigenvalue weighted by Crippen LogP contribution is 2.32. The molecule has 0 aliphatic carbocycles. The Morgan fingerprint density at radius 2 is 1.89 bits per heavy atom. The standard InChI is InChI=1S/C32H41N5O8/c38-26(24(16-20-4-2-1-3-5-20)35-32(41)45-27-11-14-44-31-23(27)10-13-43-31)19-37(18-22-7-9-29(39)34-22)36-30(40)21-6-8-28-25(17-21)33-12-15-42-28/h1-6,8,17,22-24,26-27,31,33,38H,7,9-16,18-19H2,(H,34,39)(H,35,41)(H,36,40)/t22?,23-,24-,26+,27-,31+/m0/s1. The summed E-state index contributed by atoms with van der Waals surface area (Å²) in [5.74, 6) is 0.223. The summed E-state index contributed by atoms with van der Waals surface area (Å²) in [4.78, 5) is 38.6. The number of fused-ring (bicyclic) bond motifs is 2. The van der Waals surface area contributed by atoms with Crippen LogP contribution < -0.4 is 26.1 Å². The zero-order valence-electron chi connectivity index (χ0n) is 25.1. The third-order valence-electron chi connectivity index (χ3n) is 8.68. The molecule has 4 heterocycles. The SMILES string of the molecule is O=C1CCC(CN(C[C@@H](O)[C@H](Cc2ccccc2)NC(=O)O[C@H]2CCO[C@H]3OCC[C@H]32)NC(=O)c2ccc3c(c2)NCCO3)N1. The molecule has 0 aromatic heterocycles. The van der Waals surface area contributed by atoms with Gasteiger partial charge < -0.3 is 40.0 Å². The van der Waals surface area contributed by atoms with E-state index in [0.717, 1.165) is 17.7 Å². The summed E-state index contributed by atoms with van der Waals surface area (Å²) in [5, 5.41) is 22.3. The summed E-state index contributed by atoms with van der Waals surface area (Å²) in [7, 11) is 0. The molecule has 4 aliphatic heterocycles. The predicted molar refractivity (Wildman–Crippen MR) is 162 cm³/mol. The Morgan fingerprint density at radius 1 is 1.07 bits per heavy atom. The number of rotatable bonds is 11. The molecule has 13 nitrogen and oxygen atoms in total. The highest BCUT2D eigenvalue weighted by molar-refractivity contribution is 5.95. The van der Waals surface area contributed by atoms with E-state index < -0.39 is 18.2 Å². The second-order valence-electron chi connectivity index (χ2n) is 11.9. The van der Waals surface area contributed by atoms with Crippen molar-refractivity contribution in [2.45, 2.75) is 62.7 Å². The van der Waals surface area contributed by atoms with Crippen LogP contribution in [0.15, 0.2) is 48.5 Å². The van der Waals surface area contributed by atoms with Crippen molar-refractivity contribution in [3.8, 4) is 5.75 Å². The maximum absolute atomic E-state index is 13.4. The largest absolute Gasteiger partial charge is 0.490 e. The lowest BCUT2D eigenvalue weighted by molar-refractivity contribution is -0.179. The minimum atomic E-state index is -1.11. The molecule has 2 aromatic carbocycles. The quantitative estimate of drug-likeness (QED) is 0.233. The Bertz CT molecular complexity index is 1350. The molecule has 3 saturated heterocycles. The van der Waals surface area contributed by atoms with Crippen molar-refractivity contribution in [1.29, 1.82) is 0 Å². The number of benzene rings is 2. The van der Waals surface area contributed by atoms with Gasteiger partial charge >= 0.3 is 6.09 Å². The number of aliphatic hydroxyl groups is 1. The number of nitrogens with zero attached hydrogens (tertiary/aromatic N) is 1. The van der Waals surface area contributed by atoms with Crippen LogP contribution in [0.25, 0.3) is 0 Å². The molecular formula is C32H41N5O8. The lowest BCUT2D eigenvalue weighted by Crippen LogP contribution is -2.56. The van der Waals surface area contributed by atoms with Crippen LogP contribution >= 0.6 is 0 Å². The van der Waals surface area contributed by atoms with E-state index in [0.29, 0.717) is 63.4 Å². The van der Waals surface area contributed by atoms with Gasteiger partial charge in [-0.05, 0) is 43.0 Å². The number of alkyl carbamates (subject to hydrolysis) is 1. The van der Waals surface area contributed by atoms with Gasteiger partial charge in [-0.15, -0.1) is 0 Å². The summed E-state index contributed by atoms with van der Waals surface area (Å²) in [6, 6.07) is 13.7. The van der Waals surface area contributed by atoms with Gasteiger partial charge in [0.15, 0.2) is 6.29 Å². The maximum Gasteiger partial charge on any atom is 0.407 e. The monoisotopic (exact) mass is 623 g/mol. The molecule has 13 heteroatoms. The van der Waals surface area contributed by atoms with E-state index in [1.165, 1.54) is 0 Å². The summed E-state index contributed by atoms with van der Waals surface area (Å²) in [5.41, 5.74) is 4.98. The third kappa shape index (κ3) is 8.03. The number of nitrogens with one attached hydrogen (secondary N) is 4. The van der Waals surface area contributed by atoms with Gasteiger partial charge in [0.25, 0.3) is 5.91 Å². The average Bonchev–Trinajstić information content (AvgIpc) is 3.70. The van der Waals surface area contributed by atoms with Crippen molar-refractivity contribution in [2.75, 3.05) is 44.8 Å². The highest BCUT2D eigenvalue weighted by Gasteiger charge is 2.41. The molecule has 3 fully saturated rings. The molecule has 4 aliphatic rings. The molecule has 242 valence electrons. The first-order chi connectivity index (χ1) is 21.9. The van der Waals surface area contributed by atoms with E-state index >= 15 is 0 Å². The summed E-state index contributed by atoms with van der Waals surface area (Å²) < 4.78 is 22.7. The number of hydrogen-bond donors (Lipinski definition) is 5. The fourth-order valence-corrected chi connectivity index (χ4v) is 6.34. The van der Waals surface area contributed by atoms with E-state index in [-0.39, 0.29) is 49.3 Å². The van der Waals surface area contributed by atoms with E-state index in [2.05, 4.69) is 21.4 Å². The number of hydrazine groups is 1. The van der Waals surface area contributed by atoms with E-state index in [1.54, 1.807) is 23.2 Å². The number of amides is 3. The average molecular weight is 624 g/mol. The summed E-state index contributed by atoms with van der Waals surface area (Å²) in [6.07, 6.45) is 0.206. The molecule has 3 amide bonds. The van der Waals surface area contributed by atoms with Gasteiger partial charge in [-0.1, -0.05) is 30.3 Å². The Morgan fingerprint density at radius 3 is 2.69 bits per heavy atom. The fourth-order valence-electron chi connectivity index (χ4n) is 6.34. The first-order valence-corrected chi connectivity index (χ1v) is 15.7. The second-order valence-corrected chi connectivity index (χ2v) is 11.9. The number of aliphatic hydroxyl groups excluding tert-OH is 1. The van der Waals surface area contributed by atoms with Crippen LogP contribution in [0.3, 0.4) is 0 Å². The maximum atomic E-state index is 13.4. The van der Waals surface area contributed by atoms with Gasteiger partial charge in [-0.3, -0.25) is 15.0 Å².